The molecular weight excluding hydrogens is 274 g/mol. The fourth-order valence-electron chi connectivity index (χ4n) is 2.17. The molecule has 0 bridgehead atoms. The van der Waals surface area contributed by atoms with E-state index in [-0.39, 0.29) is 6.61 Å². The highest BCUT2D eigenvalue weighted by molar-refractivity contribution is 5.81. The molecule has 2 rings (SSSR count). The molecule has 114 valence electrons. The quantitative estimate of drug-likeness (QED) is 0.602. The maximum Gasteiger partial charge on any atom is 0.330 e. The second-order valence-corrected chi connectivity index (χ2v) is 5.44. The van der Waals surface area contributed by atoms with E-state index in [9.17, 15) is 4.79 Å². The summed E-state index contributed by atoms with van der Waals surface area (Å²) in [6, 6.07) is 16.6. The van der Waals surface area contributed by atoms with Crippen molar-refractivity contribution in [3.63, 3.8) is 0 Å². The van der Waals surface area contributed by atoms with Gasteiger partial charge in [-0.25, -0.2) is 4.79 Å². The van der Waals surface area contributed by atoms with Gasteiger partial charge >= 0.3 is 5.97 Å². The van der Waals surface area contributed by atoms with E-state index < -0.39 is 5.97 Å². The molecule has 0 saturated heterocycles. The fraction of sp³-hybridized carbons (Fsp3) is 0.211. The van der Waals surface area contributed by atoms with Crippen LogP contribution >= 0.6 is 0 Å². The predicted octanol–water partition coefficient (Wildman–Crippen LogP) is 3.64. The lowest BCUT2D eigenvalue weighted by Crippen LogP contribution is -2.10. The van der Waals surface area contributed by atoms with E-state index in [1.807, 2.05) is 24.3 Å². The lowest BCUT2D eigenvalue weighted by molar-refractivity contribution is -0.138. The monoisotopic (exact) mass is 295 g/mol. The Hall–Kier alpha value is -2.39. The Morgan fingerprint density at radius 3 is 1.95 bits per heavy atom. The molecule has 3 nitrogen and oxygen atoms in total. The summed E-state index contributed by atoms with van der Waals surface area (Å²) in [5.74, 6) is -0.402. The largest absolute Gasteiger partial charge is 0.458 e. The number of carbonyl (C=O) groups is 1. The Labute approximate surface area is 131 Å². The summed E-state index contributed by atoms with van der Waals surface area (Å²) in [4.78, 5) is 13.2. The number of hydrogen-bond acceptors (Lipinski definition) is 3. The SMILES string of the molecule is C=CC(=O)OCc1ccc(-c2ccc(CN(C)C)cc2)cc1. The summed E-state index contributed by atoms with van der Waals surface area (Å²) < 4.78 is 5.01. The van der Waals surface area contributed by atoms with Crippen LogP contribution in [0.1, 0.15) is 11.1 Å². The molecule has 0 atom stereocenters. The first kappa shape index (κ1) is 16.0. The third-order valence-corrected chi connectivity index (χ3v) is 3.29. The molecule has 2 aromatic rings. The summed E-state index contributed by atoms with van der Waals surface area (Å²) in [6.07, 6.45) is 1.17. The maximum absolute atomic E-state index is 11.0. The van der Waals surface area contributed by atoms with Crippen LogP contribution in [0.4, 0.5) is 0 Å². The van der Waals surface area contributed by atoms with Gasteiger partial charge in [-0.05, 0) is 36.3 Å². The number of hydrogen-bond donors (Lipinski definition) is 0. The van der Waals surface area contributed by atoms with Gasteiger partial charge in [0, 0.05) is 12.6 Å². The first-order valence-corrected chi connectivity index (χ1v) is 7.20. The van der Waals surface area contributed by atoms with Gasteiger partial charge in [0.15, 0.2) is 0 Å². The van der Waals surface area contributed by atoms with Crippen molar-refractivity contribution >= 4 is 5.97 Å². The molecule has 0 aliphatic carbocycles. The van der Waals surface area contributed by atoms with E-state index in [1.54, 1.807) is 0 Å². The minimum absolute atomic E-state index is 0.271. The molecule has 0 amide bonds. The molecular formula is C19H21NO2. The first-order valence-electron chi connectivity index (χ1n) is 7.20. The average molecular weight is 295 g/mol. The zero-order valence-corrected chi connectivity index (χ0v) is 13.1. The number of carbonyl (C=O) groups excluding carboxylic acids is 1. The molecule has 0 aliphatic rings. The number of benzene rings is 2. The Morgan fingerprint density at radius 1 is 1.00 bits per heavy atom. The normalized spacial score (nSPS) is 10.5. The van der Waals surface area contributed by atoms with Crippen LogP contribution in [-0.2, 0) is 22.7 Å². The van der Waals surface area contributed by atoms with Crippen molar-refractivity contribution in [3.8, 4) is 11.1 Å². The number of nitrogens with zero attached hydrogens (tertiary/aromatic N) is 1. The van der Waals surface area contributed by atoms with Gasteiger partial charge in [-0.3, -0.25) is 0 Å². The van der Waals surface area contributed by atoms with Crippen molar-refractivity contribution in [3.05, 3.63) is 72.3 Å². The second kappa shape index (κ2) is 7.57. The summed E-state index contributed by atoms with van der Waals surface area (Å²) in [7, 11) is 4.12. The van der Waals surface area contributed by atoms with Crippen LogP contribution in [0.3, 0.4) is 0 Å². The highest BCUT2D eigenvalue weighted by Crippen LogP contribution is 2.21. The molecule has 0 heterocycles. The second-order valence-electron chi connectivity index (χ2n) is 5.44. The van der Waals surface area contributed by atoms with Crippen molar-refractivity contribution in [1.82, 2.24) is 4.90 Å². The smallest absolute Gasteiger partial charge is 0.330 e. The van der Waals surface area contributed by atoms with E-state index in [4.69, 9.17) is 4.74 Å². The van der Waals surface area contributed by atoms with Gasteiger partial charge in [-0.2, -0.15) is 0 Å². The molecule has 0 radical (unpaired) electrons. The van der Waals surface area contributed by atoms with Crippen LogP contribution in [0, 0.1) is 0 Å². The third kappa shape index (κ3) is 4.57. The van der Waals surface area contributed by atoms with E-state index in [0.717, 1.165) is 17.7 Å². The topological polar surface area (TPSA) is 29.5 Å². The molecule has 3 heteroatoms. The molecule has 0 spiro atoms. The highest BCUT2D eigenvalue weighted by atomic mass is 16.5. The summed E-state index contributed by atoms with van der Waals surface area (Å²) in [5.41, 5.74) is 4.58. The first-order chi connectivity index (χ1) is 10.6. The average Bonchev–Trinajstić information content (AvgIpc) is 2.53. The van der Waals surface area contributed by atoms with Crippen molar-refractivity contribution in [2.75, 3.05) is 14.1 Å². The van der Waals surface area contributed by atoms with Crippen LogP contribution in [0.15, 0.2) is 61.2 Å². The Balaban J connectivity index is 2.03. The molecule has 0 aromatic heterocycles. The standard InChI is InChI=1S/C19H21NO2/c1-4-19(21)22-14-16-7-11-18(12-8-16)17-9-5-15(6-10-17)13-20(2)3/h4-12H,1,13-14H2,2-3H3. The Morgan fingerprint density at radius 2 is 1.50 bits per heavy atom. The lowest BCUT2D eigenvalue weighted by Gasteiger charge is -2.10. The molecule has 22 heavy (non-hydrogen) atoms. The molecule has 0 aliphatic heterocycles. The van der Waals surface area contributed by atoms with Crippen molar-refractivity contribution in [1.29, 1.82) is 0 Å². The van der Waals surface area contributed by atoms with E-state index in [1.165, 1.54) is 17.2 Å². The minimum atomic E-state index is -0.402. The van der Waals surface area contributed by atoms with Gasteiger partial charge in [-0.15, -0.1) is 0 Å². The minimum Gasteiger partial charge on any atom is -0.458 e. The van der Waals surface area contributed by atoms with Crippen LogP contribution in [0.25, 0.3) is 11.1 Å². The van der Waals surface area contributed by atoms with Crippen molar-refractivity contribution < 1.29 is 9.53 Å². The Bertz CT molecular complexity index is 627. The third-order valence-electron chi connectivity index (χ3n) is 3.29. The number of ether oxygens (including phenoxy) is 1. The zero-order valence-electron chi connectivity index (χ0n) is 13.1. The molecule has 0 fully saturated rings. The predicted molar refractivity (Wildman–Crippen MR) is 89.3 cm³/mol. The number of rotatable bonds is 6. The summed E-state index contributed by atoms with van der Waals surface area (Å²) in [6.45, 7) is 4.58. The molecule has 0 saturated carbocycles. The maximum atomic E-state index is 11.0. The van der Waals surface area contributed by atoms with Gasteiger partial charge in [0.25, 0.3) is 0 Å². The fourth-order valence-corrected chi connectivity index (χ4v) is 2.17. The molecule has 0 unspecified atom stereocenters. The summed E-state index contributed by atoms with van der Waals surface area (Å²) in [5, 5.41) is 0. The van der Waals surface area contributed by atoms with Gasteiger partial charge in [0.1, 0.15) is 6.61 Å². The van der Waals surface area contributed by atoms with E-state index >= 15 is 0 Å². The van der Waals surface area contributed by atoms with Gasteiger partial charge in [-0.1, -0.05) is 55.1 Å². The highest BCUT2D eigenvalue weighted by Gasteiger charge is 2.01. The van der Waals surface area contributed by atoms with Crippen molar-refractivity contribution in [2.45, 2.75) is 13.2 Å². The van der Waals surface area contributed by atoms with Crippen LogP contribution in [0.5, 0.6) is 0 Å². The van der Waals surface area contributed by atoms with E-state index in [2.05, 4.69) is 49.8 Å². The molecule has 0 N–H and O–H groups in total. The van der Waals surface area contributed by atoms with E-state index in [0.29, 0.717) is 0 Å². The van der Waals surface area contributed by atoms with Gasteiger partial charge in [0.05, 0.1) is 0 Å². The van der Waals surface area contributed by atoms with Gasteiger partial charge in [0.2, 0.25) is 0 Å². The van der Waals surface area contributed by atoms with Crippen LogP contribution in [0.2, 0.25) is 0 Å². The molecule has 2 aromatic carbocycles. The number of esters is 1. The Kier molecular flexibility index (Phi) is 5.50. The van der Waals surface area contributed by atoms with Crippen molar-refractivity contribution in [2.24, 2.45) is 0 Å². The van der Waals surface area contributed by atoms with Crippen LogP contribution in [-0.4, -0.2) is 25.0 Å². The van der Waals surface area contributed by atoms with Crippen LogP contribution < -0.4 is 0 Å². The summed E-state index contributed by atoms with van der Waals surface area (Å²) >= 11 is 0. The lowest BCUT2D eigenvalue weighted by atomic mass is 10.0. The zero-order chi connectivity index (χ0) is 15.9. The van der Waals surface area contributed by atoms with Gasteiger partial charge < -0.3 is 9.64 Å².